The quantitative estimate of drug-likeness (QED) is 0.217. The van der Waals surface area contributed by atoms with Crippen LogP contribution in [0.4, 0.5) is 37.8 Å². The number of benzene rings is 1. The van der Waals surface area contributed by atoms with Crippen molar-refractivity contribution in [3.63, 3.8) is 0 Å². The van der Waals surface area contributed by atoms with Crippen LogP contribution in [0.15, 0.2) is 59.8 Å². The van der Waals surface area contributed by atoms with Gasteiger partial charge in [0.2, 0.25) is 0 Å². The molecule has 0 amide bonds. The summed E-state index contributed by atoms with van der Waals surface area (Å²) in [4.78, 5) is 18.7. The van der Waals surface area contributed by atoms with Gasteiger partial charge < -0.3 is 19.7 Å². The number of pyridine rings is 1. The summed E-state index contributed by atoms with van der Waals surface area (Å²) in [6, 6.07) is 8.33. The van der Waals surface area contributed by atoms with E-state index in [2.05, 4.69) is 25.7 Å². The Morgan fingerprint density at radius 3 is 2.34 bits per heavy atom. The van der Waals surface area contributed by atoms with Gasteiger partial charge in [-0.15, -0.1) is 5.10 Å². The Labute approximate surface area is 265 Å². The van der Waals surface area contributed by atoms with Crippen LogP contribution in [0.25, 0.3) is 0 Å². The second-order valence-corrected chi connectivity index (χ2v) is 11.1. The van der Waals surface area contributed by atoms with E-state index in [0.717, 1.165) is 23.1 Å². The van der Waals surface area contributed by atoms with E-state index in [0.29, 0.717) is 48.8 Å². The molecule has 1 fully saturated rings. The number of rotatable bonds is 11. The molecule has 5 rings (SSSR count). The number of hydrogen-bond donors (Lipinski definition) is 1. The van der Waals surface area contributed by atoms with E-state index >= 15 is 0 Å². The van der Waals surface area contributed by atoms with Crippen molar-refractivity contribution in [2.75, 3.05) is 37.0 Å². The summed E-state index contributed by atoms with van der Waals surface area (Å²) in [5.41, 5.74) is -2.78. The van der Waals surface area contributed by atoms with Crippen molar-refractivity contribution in [3.8, 4) is 5.75 Å². The minimum absolute atomic E-state index is 0.00237. The number of ether oxygens (including phenoxy) is 2. The van der Waals surface area contributed by atoms with Crippen LogP contribution >= 0.6 is 0 Å². The number of aromatic nitrogens is 6. The number of nitrogens with zero attached hydrogens (tertiary/aromatic N) is 7. The van der Waals surface area contributed by atoms with Crippen LogP contribution in [0.1, 0.15) is 48.2 Å². The maximum atomic E-state index is 14.0. The van der Waals surface area contributed by atoms with E-state index in [1.807, 2.05) is 4.90 Å². The summed E-state index contributed by atoms with van der Waals surface area (Å²) in [5.74, 6) is 1.04. The largest absolute Gasteiger partial charge is 0.497 e. The minimum atomic E-state index is -4.92. The summed E-state index contributed by atoms with van der Waals surface area (Å²) >= 11 is 0. The van der Waals surface area contributed by atoms with E-state index < -0.39 is 40.8 Å². The molecule has 0 saturated carbocycles. The Morgan fingerprint density at radius 2 is 1.72 bits per heavy atom. The number of methoxy groups -OCH3 is 1. The molecular formula is C30H32F6N8O3. The highest BCUT2D eigenvalue weighted by Gasteiger charge is 2.38. The second kappa shape index (κ2) is 14.0. The van der Waals surface area contributed by atoms with E-state index in [-0.39, 0.29) is 25.8 Å². The standard InChI is InChI=1S/C30H32F6N8O3/c1-19(39-25-14-38-44(28(45)27(25)30(34,35)36)15-20-3-6-24(46-2)7-4-20)17-47-18-22-16-43(41-40-22)23-9-11-42(12-10-23)26-8-5-21(13-37-26)29(31,32)33/h3-8,13-14,16,19,23,39H,9-12,15,17-18H2,1-2H3. The lowest BCUT2D eigenvalue weighted by molar-refractivity contribution is -0.139. The lowest BCUT2D eigenvalue weighted by Gasteiger charge is -2.32. The topological polar surface area (TPSA) is 112 Å². The maximum absolute atomic E-state index is 14.0. The number of nitrogens with one attached hydrogen (secondary N) is 1. The van der Waals surface area contributed by atoms with E-state index in [9.17, 15) is 31.1 Å². The van der Waals surface area contributed by atoms with Crippen molar-refractivity contribution in [2.24, 2.45) is 0 Å². The first-order chi connectivity index (χ1) is 22.3. The highest BCUT2D eigenvalue weighted by molar-refractivity contribution is 5.50. The summed E-state index contributed by atoms with van der Waals surface area (Å²) < 4.78 is 93.6. The SMILES string of the molecule is COc1ccc(Cn2ncc(NC(C)COCc3cn(C4CCN(c5ccc(C(F)(F)F)cn5)CC4)nn3)c(C(F)(F)F)c2=O)cc1. The molecule has 1 aliphatic rings. The van der Waals surface area contributed by atoms with Crippen molar-refractivity contribution < 1.29 is 35.8 Å². The van der Waals surface area contributed by atoms with Crippen molar-refractivity contribution in [3.05, 3.63) is 87.7 Å². The van der Waals surface area contributed by atoms with Crippen LogP contribution in [0.2, 0.25) is 0 Å². The molecule has 17 heteroatoms. The molecule has 0 aliphatic carbocycles. The van der Waals surface area contributed by atoms with Gasteiger partial charge in [-0.25, -0.2) is 14.3 Å². The molecule has 0 radical (unpaired) electrons. The van der Waals surface area contributed by atoms with Gasteiger partial charge >= 0.3 is 12.4 Å². The first kappa shape index (κ1) is 33.7. The Kier molecular flexibility index (Phi) is 10.0. The van der Waals surface area contributed by atoms with Crippen molar-refractivity contribution in [1.82, 2.24) is 29.8 Å². The number of piperidine rings is 1. The lowest BCUT2D eigenvalue weighted by atomic mass is 10.1. The predicted molar refractivity (Wildman–Crippen MR) is 158 cm³/mol. The summed E-state index contributed by atoms with van der Waals surface area (Å²) in [6.45, 7) is 2.64. The molecule has 4 heterocycles. The first-order valence-corrected chi connectivity index (χ1v) is 14.6. The zero-order valence-electron chi connectivity index (χ0n) is 25.4. The van der Waals surface area contributed by atoms with E-state index in [1.165, 1.54) is 13.2 Å². The fourth-order valence-corrected chi connectivity index (χ4v) is 5.19. The molecule has 1 saturated heterocycles. The predicted octanol–water partition coefficient (Wildman–Crippen LogP) is 5.18. The molecule has 1 N–H and O–H groups in total. The van der Waals surface area contributed by atoms with Crippen molar-refractivity contribution in [2.45, 2.75) is 57.4 Å². The van der Waals surface area contributed by atoms with Gasteiger partial charge in [-0.05, 0) is 49.6 Å². The number of hydrogen-bond acceptors (Lipinski definition) is 9. The van der Waals surface area contributed by atoms with Gasteiger partial charge in [0.15, 0.2) is 0 Å². The fraction of sp³-hybridized carbons (Fsp3) is 0.433. The molecule has 1 aliphatic heterocycles. The third-order valence-electron chi connectivity index (χ3n) is 7.63. The molecule has 47 heavy (non-hydrogen) atoms. The highest BCUT2D eigenvalue weighted by Crippen LogP contribution is 2.33. The molecule has 4 aromatic rings. The molecule has 1 atom stereocenters. The van der Waals surface area contributed by atoms with Crippen LogP contribution in [-0.2, 0) is 30.2 Å². The Morgan fingerprint density at radius 1 is 1.00 bits per heavy atom. The molecule has 0 bridgehead atoms. The summed E-state index contributed by atoms with van der Waals surface area (Å²) in [5, 5.41) is 14.9. The molecular weight excluding hydrogens is 634 g/mol. The normalized spacial score (nSPS) is 15.1. The Hall–Kier alpha value is -4.67. The van der Waals surface area contributed by atoms with Gasteiger partial charge in [-0.2, -0.15) is 31.4 Å². The first-order valence-electron chi connectivity index (χ1n) is 14.6. The zero-order chi connectivity index (χ0) is 33.8. The average Bonchev–Trinajstić information content (AvgIpc) is 3.51. The van der Waals surface area contributed by atoms with Gasteiger partial charge in [-0.1, -0.05) is 17.3 Å². The van der Waals surface area contributed by atoms with Crippen molar-refractivity contribution >= 4 is 11.5 Å². The fourth-order valence-electron chi connectivity index (χ4n) is 5.19. The smallest absolute Gasteiger partial charge is 0.423 e. The number of halogens is 6. The third kappa shape index (κ3) is 8.38. The van der Waals surface area contributed by atoms with Gasteiger partial charge in [-0.3, -0.25) is 4.79 Å². The monoisotopic (exact) mass is 666 g/mol. The van der Waals surface area contributed by atoms with Gasteiger partial charge in [0, 0.05) is 25.3 Å². The van der Waals surface area contributed by atoms with E-state index in [4.69, 9.17) is 9.47 Å². The van der Waals surface area contributed by atoms with Gasteiger partial charge in [0.1, 0.15) is 22.8 Å². The molecule has 1 unspecified atom stereocenters. The second-order valence-electron chi connectivity index (χ2n) is 11.1. The highest BCUT2D eigenvalue weighted by atomic mass is 19.4. The molecule has 1 aromatic carbocycles. The van der Waals surface area contributed by atoms with Crippen LogP contribution in [0.3, 0.4) is 0 Å². The summed E-state index contributed by atoms with van der Waals surface area (Å²) in [6.07, 6.45) is -4.49. The van der Waals surface area contributed by atoms with Crippen LogP contribution in [-0.4, -0.2) is 62.6 Å². The lowest BCUT2D eigenvalue weighted by Crippen LogP contribution is -2.35. The van der Waals surface area contributed by atoms with E-state index in [1.54, 1.807) is 42.1 Å². The zero-order valence-corrected chi connectivity index (χ0v) is 25.4. The van der Waals surface area contributed by atoms with Gasteiger partial charge in [0.05, 0.1) is 56.6 Å². The Bertz CT molecular complexity index is 1680. The maximum Gasteiger partial charge on any atom is 0.423 e. The number of anilines is 2. The van der Waals surface area contributed by atoms with Crippen LogP contribution in [0, 0.1) is 0 Å². The molecule has 252 valence electrons. The van der Waals surface area contributed by atoms with Gasteiger partial charge in [0.25, 0.3) is 5.56 Å². The minimum Gasteiger partial charge on any atom is -0.497 e. The molecule has 11 nitrogen and oxygen atoms in total. The molecule has 0 spiro atoms. The van der Waals surface area contributed by atoms with Crippen LogP contribution in [0.5, 0.6) is 5.75 Å². The number of alkyl halides is 6. The third-order valence-corrected chi connectivity index (χ3v) is 7.63. The molecule has 3 aromatic heterocycles. The van der Waals surface area contributed by atoms with Crippen LogP contribution < -0.4 is 20.5 Å². The Balaban J connectivity index is 1.12. The summed E-state index contributed by atoms with van der Waals surface area (Å²) in [7, 11) is 1.49. The average molecular weight is 667 g/mol. The van der Waals surface area contributed by atoms with Crippen molar-refractivity contribution in [1.29, 1.82) is 0 Å².